The first-order chi connectivity index (χ1) is 3.77. The van der Waals surface area contributed by atoms with Crippen LogP contribution in [0, 0.1) is 0 Å². The molecule has 0 rings (SSSR count). The maximum atomic E-state index is 9.99. The van der Waals surface area contributed by atoms with Crippen molar-refractivity contribution in [3.63, 3.8) is 0 Å². The SMILES string of the molecule is CCC[Si]NC(N)=O. The van der Waals surface area contributed by atoms with Crippen molar-refractivity contribution in [1.29, 1.82) is 0 Å². The average molecular weight is 130 g/mol. The maximum absolute atomic E-state index is 9.99. The molecule has 0 atom stereocenters. The van der Waals surface area contributed by atoms with E-state index < -0.39 is 6.03 Å². The zero-order valence-electron chi connectivity index (χ0n) is 4.90. The second kappa shape index (κ2) is 4.64. The van der Waals surface area contributed by atoms with Crippen LogP contribution in [0.2, 0.25) is 6.04 Å². The number of hydrogen-bond donors (Lipinski definition) is 2. The topological polar surface area (TPSA) is 55.1 Å². The Hall–Kier alpha value is -0.513. The van der Waals surface area contributed by atoms with Gasteiger partial charge in [0, 0.05) is 0 Å². The van der Waals surface area contributed by atoms with Crippen molar-refractivity contribution in [2.75, 3.05) is 0 Å². The highest BCUT2D eigenvalue weighted by Gasteiger charge is 1.89. The Bertz CT molecular complexity index is 76.4. The number of urea groups is 1. The van der Waals surface area contributed by atoms with Crippen molar-refractivity contribution in [2.24, 2.45) is 5.73 Å². The molecule has 0 fully saturated rings. The minimum absolute atomic E-state index is 0.420. The van der Waals surface area contributed by atoms with Crippen LogP contribution in [0.15, 0.2) is 0 Å². The fourth-order valence-electron chi connectivity index (χ4n) is 0.275. The third-order valence-corrected chi connectivity index (χ3v) is 1.76. The van der Waals surface area contributed by atoms with Crippen LogP contribution >= 0.6 is 0 Å². The second-order valence-corrected chi connectivity index (χ2v) is 2.52. The lowest BCUT2D eigenvalue weighted by molar-refractivity contribution is 0.253. The van der Waals surface area contributed by atoms with Gasteiger partial charge < -0.3 is 10.7 Å². The highest BCUT2D eigenvalue weighted by atomic mass is 28.2. The van der Waals surface area contributed by atoms with E-state index in [1.54, 1.807) is 0 Å². The van der Waals surface area contributed by atoms with Gasteiger partial charge in [-0.25, -0.2) is 0 Å². The Kier molecular flexibility index (Phi) is 4.34. The summed E-state index contributed by atoms with van der Waals surface area (Å²) in [5, 5.41) is 0. The summed E-state index contributed by atoms with van der Waals surface area (Å²) in [6.07, 6.45) is 1.10. The lowest BCUT2D eigenvalue weighted by atomic mass is 10.6. The summed E-state index contributed by atoms with van der Waals surface area (Å²) < 4.78 is 0. The van der Waals surface area contributed by atoms with Crippen molar-refractivity contribution in [3.05, 3.63) is 0 Å². The molecule has 0 unspecified atom stereocenters. The summed E-state index contributed by atoms with van der Waals surface area (Å²) in [6.45, 7) is 2.07. The Morgan fingerprint density at radius 3 is 2.88 bits per heavy atom. The summed E-state index contributed by atoms with van der Waals surface area (Å²) in [6, 6.07) is 0.611. The lowest BCUT2D eigenvalue weighted by Crippen LogP contribution is -2.32. The molecule has 3 nitrogen and oxygen atoms in total. The molecule has 0 spiro atoms. The summed E-state index contributed by atoms with van der Waals surface area (Å²) >= 11 is 0. The van der Waals surface area contributed by atoms with Crippen LogP contribution in [0.4, 0.5) is 4.79 Å². The molecule has 0 aliphatic heterocycles. The maximum Gasteiger partial charge on any atom is 0.304 e. The van der Waals surface area contributed by atoms with Gasteiger partial charge in [-0.15, -0.1) is 0 Å². The molecule has 0 saturated carbocycles. The fourth-order valence-corrected chi connectivity index (χ4v) is 0.824. The fraction of sp³-hybridized carbons (Fsp3) is 0.750. The number of carbonyl (C=O) groups excluding carboxylic acids is 1. The predicted octanol–water partition coefficient (Wildman–Crippen LogP) is 0.102. The van der Waals surface area contributed by atoms with Gasteiger partial charge in [-0.2, -0.15) is 0 Å². The van der Waals surface area contributed by atoms with Crippen LogP contribution in [0.25, 0.3) is 0 Å². The number of rotatable bonds is 3. The van der Waals surface area contributed by atoms with E-state index in [-0.39, 0.29) is 0 Å². The van der Waals surface area contributed by atoms with Crippen LogP contribution in [0.3, 0.4) is 0 Å². The van der Waals surface area contributed by atoms with Gasteiger partial charge in [-0.05, 0) is 6.04 Å². The van der Waals surface area contributed by atoms with Gasteiger partial charge in [-0.1, -0.05) is 13.3 Å². The first kappa shape index (κ1) is 7.49. The highest BCUT2D eigenvalue weighted by molar-refractivity contribution is 6.36. The quantitative estimate of drug-likeness (QED) is 0.413. The lowest BCUT2D eigenvalue weighted by Gasteiger charge is -1.93. The van der Waals surface area contributed by atoms with Crippen molar-refractivity contribution >= 4 is 15.7 Å². The molecule has 0 aromatic carbocycles. The van der Waals surface area contributed by atoms with E-state index in [1.165, 1.54) is 0 Å². The molecule has 46 valence electrons. The van der Waals surface area contributed by atoms with E-state index in [4.69, 9.17) is 5.73 Å². The molecule has 2 radical (unpaired) electrons. The molecule has 0 bridgehead atoms. The van der Waals surface area contributed by atoms with Gasteiger partial charge in [0.15, 0.2) is 9.68 Å². The van der Waals surface area contributed by atoms with Crippen LogP contribution in [-0.2, 0) is 0 Å². The van der Waals surface area contributed by atoms with Gasteiger partial charge >= 0.3 is 6.03 Å². The van der Waals surface area contributed by atoms with Crippen molar-refractivity contribution in [3.8, 4) is 0 Å². The summed E-state index contributed by atoms with van der Waals surface area (Å²) in [5.41, 5.74) is 4.79. The second-order valence-electron chi connectivity index (χ2n) is 1.42. The Balaban J connectivity index is 2.82. The predicted molar refractivity (Wildman–Crippen MR) is 33.6 cm³/mol. The summed E-state index contributed by atoms with van der Waals surface area (Å²) in [5.74, 6) is 0. The van der Waals surface area contributed by atoms with Crippen LogP contribution in [-0.4, -0.2) is 15.7 Å². The third-order valence-electron chi connectivity index (χ3n) is 0.587. The molecular weight excluding hydrogens is 120 g/mol. The van der Waals surface area contributed by atoms with Crippen molar-refractivity contribution < 1.29 is 4.79 Å². The van der Waals surface area contributed by atoms with E-state index in [0.717, 1.165) is 12.5 Å². The zero-order valence-corrected chi connectivity index (χ0v) is 5.90. The molecular formula is C4H10N2OSi. The Labute approximate surface area is 51.5 Å². The van der Waals surface area contributed by atoms with Gasteiger partial charge in [0.25, 0.3) is 0 Å². The Morgan fingerprint density at radius 1 is 1.88 bits per heavy atom. The van der Waals surface area contributed by atoms with E-state index in [9.17, 15) is 4.79 Å². The molecule has 2 amide bonds. The molecule has 4 heteroatoms. The average Bonchev–Trinajstić information content (AvgIpc) is 1.66. The largest absolute Gasteiger partial charge is 0.365 e. The number of carbonyl (C=O) groups is 1. The van der Waals surface area contributed by atoms with Crippen LogP contribution < -0.4 is 10.7 Å². The van der Waals surface area contributed by atoms with Gasteiger partial charge in [-0.3, -0.25) is 4.79 Å². The number of hydrogen-bond acceptors (Lipinski definition) is 1. The van der Waals surface area contributed by atoms with Crippen molar-refractivity contribution in [1.82, 2.24) is 4.98 Å². The van der Waals surface area contributed by atoms with Crippen LogP contribution in [0.1, 0.15) is 13.3 Å². The smallest absolute Gasteiger partial charge is 0.304 e. The third kappa shape index (κ3) is 5.49. The first-order valence-electron chi connectivity index (χ1n) is 2.55. The normalized spacial score (nSPS) is 8.62. The van der Waals surface area contributed by atoms with E-state index in [2.05, 4.69) is 11.9 Å². The summed E-state index contributed by atoms with van der Waals surface area (Å²) in [7, 11) is 0.488. The monoisotopic (exact) mass is 130 g/mol. The molecule has 3 N–H and O–H groups in total. The number of nitrogens with two attached hydrogens (primary N) is 1. The zero-order chi connectivity index (χ0) is 6.41. The minimum Gasteiger partial charge on any atom is -0.365 e. The molecule has 0 saturated heterocycles. The van der Waals surface area contributed by atoms with E-state index in [1.807, 2.05) is 0 Å². The van der Waals surface area contributed by atoms with Gasteiger partial charge in [0.1, 0.15) is 0 Å². The Morgan fingerprint density at radius 2 is 2.50 bits per heavy atom. The first-order valence-corrected chi connectivity index (χ1v) is 3.76. The van der Waals surface area contributed by atoms with E-state index in [0.29, 0.717) is 9.68 Å². The van der Waals surface area contributed by atoms with E-state index >= 15 is 0 Å². The standard InChI is InChI=1S/C4H10N2OSi/c1-2-3-8-6-4(5)7/h2-3H2,1H3,(H3,5,6,7). The van der Waals surface area contributed by atoms with Crippen LogP contribution in [0.5, 0.6) is 0 Å². The minimum atomic E-state index is -0.420. The molecule has 0 aliphatic rings. The highest BCUT2D eigenvalue weighted by Crippen LogP contribution is 1.80. The summed E-state index contributed by atoms with van der Waals surface area (Å²) in [4.78, 5) is 12.5. The molecule has 0 aromatic rings. The van der Waals surface area contributed by atoms with Gasteiger partial charge in [0.2, 0.25) is 0 Å². The number of nitrogens with one attached hydrogen (secondary N) is 1. The van der Waals surface area contributed by atoms with Crippen molar-refractivity contribution in [2.45, 2.75) is 19.4 Å². The number of primary amides is 1. The molecule has 0 heterocycles. The molecule has 8 heavy (non-hydrogen) atoms. The molecule has 0 aromatic heterocycles. The van der Waals surface area contributed by atoms with Gasteiger partial charge in [0.05, 0.1) is 0 Å². The molecule has 0 aliphatic carbocycles. The number of amides is 2.